The molecule has 0 aromatic carbocycles. The molecular formula is C13H20N4OS. The summed E-state index contributed by atoms with van der Waals surface area (Å²) < 4.78 is 0. The van der Waals surface area contributed by atoms with Gasteiger partial charge in [0.15, 0.2) is 5.13 Å². The van der Waals surface area contributed by atoms with E-state index in [1.54, 1.807) is 0 Å². The smallest absolute Gasteiger partial charge is 0.265 e. The van der Waals surface area contributed by atoms with E-state index in [2.05, 4.69) is 15.2 Å². The van der Waals surface area contributed by atoms with Crippen molar-refractivity contribution >= 4 is 28.2 Å². The van der Waals surface area contributed by atoms with E-state index in [0.29, 0.717) is 17.2 Å². The number of allylic oxidation sites excluding steroid dienone is 1. The zero-order valence-corrected chi connectivity index (χ0v) is 12.2. The summed E-state index contributed by atoms with van der Waals surface area (Å²) in [7, 11) is 0. The van der Waals surface area contributed by atoms with Gasteiger partial charge >= 0.3 is 0 Å². The Balaban J connectivity index is 2.03. The Morgan fingerprint density at radius 2 is 2.16 bits per heavy atom. The molecule has 1 fully saturated rings. The maximum Gasteiger partial charge on any atom is 0.265 e. The molecule has 0 unspecified atom stereocenters. The first kappa shape index (κ1) is 13.9. The van der Waals surface area contributed by atoms with Crippen LogP contribution in [0.5, 0.6) is 0 Å². The molecule has 1 aliphatic heterocycles. The molecule has 104 valence electrons. The van der Waals surface area contributed by atoms with Crippen LogP contribution in [0.15, 0.2) is 11.6 Å². The molecule has 2 heterocycles. The number of thiazole rings is 1. The standard InChI is InChI=1S/C13H20N4OS/c1-9(2)5-6-15-12(18)10-11(14)16-13(19-10)17-7-3-4-8-17/h5H,3-4,6-8,14H2,1-2H3,(H,15,18). The highest BCUT2D eigenvalue weighted by atomic mass is 32.1. The molecule has 1 aliphatic rings. The lowest BCUT2D eigenvalue weighted by Gasteiger charge is -2.11. The molecule has 3 N–H and O–H groups in total. The molecule has 0 radical (unpaired) electrons. The lowest BCUT2D eigenvalue weighted by Crippen LogP contribution is -2.23. The van der Waals surface area contributed by atoms with Gasteiger partial charge in [0.1, 0.15) is 10.7 Å². The number of carbonyl (C=O) groups excluding carboxylic acids is 1. The highest BCUT2D eigenvalue weighted by Gasteiger charge is 2.21. The van der Waals surface area contributed by atoms with E-state index in [-0.39, 0.29) is 5.91 Å². The van der Waals surface area contributed by atoms with Crippen molar-refractivity contribution in [2.24, 2.45) is 0 Å². The Bertz CT molecular complexity index is 485. The monoisotopic (exact) mass is 280 g/mol. The molecule has 1 saturated heterocycles. The van der Waals surface area contributed by atoms with Crippen LogP contribution in [0, 0.1) is 0 Å². The molecule has 0 spiro atoms. The maximum absolute atomic E-state index is 12.0. The van der Waals surface area contributed by atoms with Crippen molar-refractivity contribution in [2.75, 3.05) is 30.3 Å². The molecule has 1 aromatic rings. The fourth-order valence-corrected chi connectivity index (χ4v) is 2.91. The molecule has 0 saturated carbocycles. The third kappa shape index (κ3) is 3.47. The van der Waals surface area contributed by atoms with Gasteiger partial charge in [0.25, 0.3) is 5.91 Å². The minimum Gasteiger partial charge on any atom is -0.382 e. The molecule has 5 nitrogen and oxygen atoms in total. The summed E-state index contributed by atoms with van der Waals surface area (Å²) in [5.74, 6) is 0.194. The van der Waals surface area contributed by atoms with Crippen molar-refractivity contribution in [1.29, 1.82) is 0 Å². The van der Waals surface area contributed by atoms with Crippen LogP contribution in [-0.4, -0.2) is 30.5 Å². The van der Waals surface area contributed by atoms with Gasteiger partial charge in [0, 0.05) is 19.6 Å². The minimum atomic E-state index is -0.141. The summed E-state index contributed by atoms with van der Waals surface area (Å²) in [4.78, 5) is 19.0. The highest BCUT2D eigenvalue weighted by molar-refractivity contribution is 7.18. The predicted molar refractivity (Wildman–Crippen MR) is 79.7 cm³/mol. The number of aromatic nitrogens is 1. The molecular weight excluding hydrogens is 260 g/mol. The molecule has 2 rings (SSSR count). The molecule has 6 heteroatoms. The van der Waals surface area contributed by atoms with Gasteiger partial charge in [0.2, 0.25) is 0 Å². The van der Waals surface area contributed by atoms with Gasteiger partial charge in [-0.05, 0) is 26.7 Å². The summed E-state index contributed by atoms with van der Waals surface area (Å²) in [5.41, 5.74) is 7.01. The summed E-state index contributed by atoms with van der Waals surface area (Å²) in [6.07, 6.45) is 4.33. The fraction of sp³-hybridized carbons (Fsp3) is 0.538. The summed E-state index contributed by atoms with van der Waals surface area (Å²) in [6, 6.07) is 0. The number of nitrogens with two attached hydrogens (primary N) is 1. The van der Waals surface area contributed by atoms with E-state index in [0.717, 1.165) is 18.2 Å². The summed E-state index contributed by atoms with van der Waals surface area (Å²) in [5, 5.41) is 3.69. The van der Waals surface area contributed by atoms with Gasteiger partial charge in [0.05, 0.1) is 0 Å². The SMILES string of the molecule is CC(C)=CCNC(=O)c1sc(N2CCCC2)nc1N. The summed E-state index contributed by atoms with van der Waals surface area (Å²) in [6.45, 7) is 6.53. The number of amides is 1. The molecule has 19 heavy (non-hydrogen) atoms. The third-order valence-electron chi connectivity index (χ3n) is 3.00. The number of hydrogen-bond donors (Lipinski definition) is 2. The maximum atomic E-state index is 12.0. The van der Waals surface area contributed by atoms with Gasteiger partial charge in [-0.1, -0.05) is 23.0 Å². The largest absolute Gasteiger partial charge is 0.382 e. The first-order chi connectivity index (χ1) is 9.08. The number of nitrogens with one attached hydrogen (secondary N) is 1. The van der Waals surface area contributed by atoms with Crippen molar-refractivity contribution in [1.82, 2.24) is 10.3 Å². The Hall–Kier alpha value is -1.56. The minimum absolute atomic E-state index is 0.141. The second-order valence-corrected chi connectivity index (χ2v) is 5.87. The van der Waals surface area contributed by atoms with Crippen molar-refractivity contribution in [3.05, 3.63) is 16.5 Å². The van der Waals surface area contributed by atoms with Crippen molar-refractivity contribution in [2.45, 2.75) is 26.7 Å². The summed E-state index contributed by atoms with van der Waals surface area (Å²) >= 11 is 1.38. The van der Waals surface area contributed by atoms with E-state index in [4.69, 9.17) is 5.73 Å². The van der Waals surface area contributed by atoms with Gasteiger partial charge in [-0.3, -0.25) is 4.79 Å². The first-order valence-corrected chi connectivity index (χ1v) is 7.32. The van der Waals surface area contributed by atoms with Crippen LogP contribution in [0.4, 0.5) is 10.9 Å². The average Bonchev–Trinajstić information content (AvgIpc) is 2.96. The second-order valence-electron chi connectivity index (χ2n) is 4.90. The number of rotatable bonds is 4. The lowest BCUT2D eigenvalue weighted by molar-refractivity contribution is 0.0962. The predicted octanol–water partition coefficient (Wildman–Crippen LogP) is 2.02. The number of carbonyl (C=O) groups is 1. The average molecular weight is 280 g/mol. The molecule has 0 atom stereocenters. The first-order valence-electron chi connectivity index (χ1n) is 6.50. The van der Waals surface area contributed by atoms with Gasteiger partial charge < -0.3 is 16.0 Å². The van der Waals surface area contributed by atoms with Crippen molar-refractivity contribution in [3.63, 3.8) is 0 Å². The van der Waals surface area contributed by atoms with E-state index >= 15 is 0 Å². The van der Waals surface area contributed by atoms with E-state index in [1.165, 1.54) is 29.8 Å². The van der Waals surface area contributed by atoms with Crippen LogP contribution in [0.3, 0.4) is 0 Å². The van der Waals surface area contributed by atoms with Crippen LogP contribution < -0.4 is 16.0 Å². The Labute approximate surface area is 117 Å². The van der Waals surface area contributed by atoms with E-state index < -0.39 is 0 Å². The van der Waals surface area contributed by atoms with E-state index in [9.17, 15) is 4.79 Å². The highest BCUT2D eigenvalue weighted by Crippen LogP contribution is 2.30. The molecule has 1 aromatic heterocycles. The number of anilines is 2. The second kappa shape index (κ2) is 6.06. The molecule has 1 amide bonds. The number of nitrogen functional groups attached to an aromatic ring is 1. The quantitative estimate of drug-likeness (QED) is 0.828. The number of nitrogens with zero attached hydrogens (tertiary/aromatic N) is 2. The van der Waals surface area contributed by atoms with Crippen LogP contribution in [0.2, 0.25) is 0 Å². The van der Waals surface area contributed by atoms with Gasteiger partial charge in [-0.2, -0.15) is 0 Å². The van der Waals surface area contributed by atoms with Crippen molar-refractivity contribution < 1.29 is 4.79 Å². The zero-order chi connectivity index (χ0) is 13.8. The Kier molecular flexibility index (Phi) is 4.42. The molecule has 0 bridgehead atoms. The fourth-order valence-electron chi connectivity index (χ4n) is 1.95. The van der Waals surface area contributed by atoms with Crippen molar-refractivity contribution in [3.8, 4) is 0 Å². The van der Waals surface area contributed by atoms with Crippen LogP contribution in [-0.2, 0) is 0 Å². The van der Waals surface area contributed by atoms with Crippen LogP contribution >= 0.6 is 11.3 Å². The van der Waals surface area contributed by atoms with E-state index in [1.807, 2.05) is 19.9 Å². The third-order valence-corrected chi connectivity index (χ3v) is 4.13. The Morgan fingerprint density at radius 1 is 1.47 bits per heavy atom. The van der Waals surface area contributed by atoms with Crippen LogP contribution in [0.25, 0.3) is 0 Å². The Morgan fingerprint density at radius 3 is 2.79 bits per heavy atom. The van der Waals surface area contributed by atoms with Gasteiger partial charge in [-0.25, -0.2) is 4.98 Å². The normalized spacial score (nSPS) is 14.5. The van der Waals surface area contributed by atoms with Gasteiger partial charge in [-0.15, -0.1) is 0 Å². The molecule has 0 aliphatic carbocycles. The topological polar surface area (TPSA) is 71.2 Å². The lowest BCUT2D eigenvalue weighted by atomic mass is 10.3. The number of hydrogen-bond acceptors (Lipinski definition) is 5. The zero-order valence-electron chi connectivity index (χ0n) is 11.4. The van der Waals surface area contributed by atoms with Crippen LogP contribution in [0.1, 0.15) is 36.4 Å².